The van der Waals surface area contributed by atoms with Crippen LogP contribution in [0.5, 0.6) is 5.75 Å². The fraction of sp³-hybridized carbons (Fsp3) is 0.250. The largest absolute Gasteiger partial charge is 0.493 e. The molecule has 0 aliphatic carbocycles. The number of hydrogen-bond acceptors (Lipinski definition) is 2. The summed E-state index contributed by atoms with van der Waals surface area (Å²) in [4.78, 5) is 0. The molecule has 1 heterocycles. The Morgan fingerprint density at radius 2 is 2.05 bits per heavy atom. The lowest BCUT2D eigenvalue weighted by Crippen LogP contribution is -2.13. The minimum Gasteiger partial charge on any atom is -0.493 e. The molecule has 0 aromatic heterocycles. The van der Waals surface area contributed by atoms with E-state index in [1.165, 1.54) is 5.56 Å². The molecule has 0 bridgehead atoms. The maximum atomic E-state index is 6.29. The van der Waals surface area contributed by atoms with Gasteiger partial charge in [-0.3, -0.25) is 0 Å². The number of hydrogen-bond donors (Lipinski definition) is 1. The Bertz CT molecular complexity index is 597. The van der Waals surface area contributed by atoms with Gasteiger partial charge in [0.25, 0.3) is 0 Å². The molecule has 3 heteroatoms. The van der Waals surface area contributed by atoms with Gasteiger partial charge in [-0.05, 0) is 35.2 Å². The molecule has 0 amide bonds. The molecule has 1 aliphatic rings. The van der Waals surface area contributed by atoms with E-state index in [0.29, 0.717) is 0 Å². The van der Waals surface area contributed by atoms with Crippen LogP contribution in [0.4, 0.5) is 0 Å². The Morgan fingerprint density at radius 3 is 2.89 bits per heavy atom. The predicted octanol–water partition coefficient (Wildman–Crippen LogP) is 3.52. The monoisotopic (exact) mass is 273 g/mol. The van der Waals surface area contributed by atoms with Crippen LogP contribution in [-0.2, 0) is 12.8 Å². The van der Waals surface area contributed by atoms with Crippen molar-refractivity contribution in [2.75, 3.05) is 6.61 Å². The highest BCUT2D eigenvalue weighted by Gasteiger charge is 2.15. The fourth-order valence-corrected chi connectivity index (χ4v) is 2.67. The molecule has 0 fully saturated rings. The van der Waals surface area contributed by atoms with Crippen molar-refractivity contribution in [3.63, 3.8) is 0 Å². The molecule has 0 saturated heterocycles. The van der Waals surface area contributed by atoms with E-state index in [0.717, 1.165) is 41.3 Å². The summed E-state index contributed by atoms with van der Waals surface area (Å²) < 4.78 is 5.51. The molecule has 1 unspecified atom stereocenters. The molecule has 19 heavy (non-hydrogen) atoms. The zero-order valence-corrected chi connectivity index (χ0v) is 11.4. The van der Waals surface area contributed by atoms with Crippen LogP contribution in [0.3, 0.4) is 0 Å². The van der Waals surface area contributed by atoms with Crippen LogP contribution < -0.4 is 10.5 Å². The van der Waals surface area contributed by atoms with Crippen molar-refractivity contribution in [1.82, 2.24) is 0 Å². The van der Waals surface area contributed by atoms with Gasteiger partial charge in [-0.2, -0.15) is 0 Å². The predicted molar refractivity (Wildman–Crippen MR) is 77.7 cm³/mol. The van der Waals surface area contributed by atoms with Crippen LogP contribution in [0.15, 0.2) is 42.5 Å². The standard InChI is InChI=1S/C16H16ClNO/c17-14-4-2-1-3-11(14)10-15(18)12-5-6-16-13(9-12)7-8-19-16/h1-6,9,15H,7-8,10,18H2. The van der Waals surface area contributed by atoms with Gasteiger partial charge in [0.05, 0.1) is 6.61 Å². The van der Waals surface area contributed by atoms with Crippen LogP contribution in [-0.4, -0.2) is 6.61 Å². The lowest BCUT2D eigenvalue weighted by Gasteiger charge is -2.14. The second-order valence-corrected chi connectivity index (χ2v) is 5.27. The summed E-state index contributed by atoms with van der Waals surface area (Å²) in [6, 6.07) is 14.0. The molecule has 2 nitrogen and oxygen atoms in total. The molecule has 2 aromatic rings. The van der Waals surface area contributed by atoms with E-state index in [2.05, 4.69) is 6.07 Å². The normalized spacial score (nSPS) is 14.8. The summed E-state index contributed by atoms with van der Waals surface area (Å²) in [6.45, 7) is 0.776. The molecule has 0 spiro atoms. The summed E-state index contributed by atoms with van der Waals surface area (Å²) in [6.07, 6.45) is 1.72. The Morgan fingerprint density at radius 1 is 1.21 bits per heavy atom. The van der Waals surface area contributed by atoms with Crippen molar-refractivity contribution in [3.05, 3.63) is 64.2 Å². The maximum absolute atomic E-state index is 6.29. The van der Waals surface area contributed by atoms with Crippen LogP contribution in [0.25, 0.3) is 0 Å². The molecule has 0 radical (unpaired) electrons. The first kappa shape index (κ1) is 12.5. The van der Waals surface area contributed by atoms with E-state index in [1.807, 2.05) is 36.4 Å². The highest BCUT2D eigenvalue weighted by molar-refractivity contribution is 6.31. The van der Waals surface area contributed by atoms with Gasteiger partial charge in [0.1, 0.15) is 5.75 Å². The van der Waals surface area contributed by atoms with Crippen molar-refractivity contribution < 1.29 is 4.74 Å². The number of fused-ring (bicyclic) bond motifs is 1. The second kappa shape index (κ2) is 5.24. The van der Waals surface area contributed by atoms with Crippen LogP contribution in [0, 0.1) is 0 Å². The smallest absolute Gasteiger partial charge is 0.122 e. The van der Waals surface area contributed by atoms with Crippen molar-refractivity contribution in [2.45, 2.75) is 18.9 Å². The molecule has 98 valence electrons. The molecule has 1 aliphatic heterocycles. The average molecular weight is 274 g/mol. The minimum atomic E-state index is -0.0363. The van der Waals surface area contributed by atoms with Gasteiger partial charge in [0, 0.05) is 17.5 Å². The molecule has 1 atom stereocenters. The summed E-state index contributed by atoms with van der Waals surface area (Å²) in [5.41, 5.74) is 9.78. The van der Waals surface area contributed by atoms with Gasteiger partial charge in [0.15, 0.2) is 0 Å². The first-order chi connectivity index (χ1) is 9.24. The third kappa shape index (κ3) is 2.60. The quantitative estimate of drug-likeness (QED) is 0.929. The van der Waals surface area contributed by atoms with Gasteiger partial charge < -0.3 is 10.5 Å². The van der Waals surface area contributed by atoms with Crippen LogP contribution in [0.2, 0.25) is 5.02 Å². The zero-order chi connectivity index (χ0) is 13.2. The third-order valence-electron chi connectivity index (χ3n) is 3.54. The molecule has 2 N–H and O–H groups in total. The molecule has 2 aromatic carbocycles. The van der Waals surface area contributed by atoms with E-state index in [9.17, 15) is 0 Å². The maximum Gasteiger partial charge on any atom is 0.122 e. The van der Waals surface area contributed by atoms with Crippen molar-refractivity contribution in [1.29, 1.82) is 0 Å². The Kier molecular flexibility index (Phi) is 3.45. The lowest BCUT2D eigenvalue weighted by molar-refractivity contribution is 0.357. The molecule has 0 saturated carbocycles. The van der Waals surface area contributed by atoms with E-state index in [4.69, 9.17) is 22.1 Å². The zero-order valence-electron chi connectivity index (χ0n) is 10.6. The highest BCUT2D eigenvalue weighted by atomic mass is 35.5. The second-order valence-electron chi connectivity index (χ2n) is 4.87. The van der Waals surface area contributed by atoms with Gasteiger partial charge in [0.2, 0.25) is 0 Å². The molecular weight excluding hydrogens is 258 g/mol. The van der Waals surface area contributed by atoms with Gasteiger partial charge >= 0.3 is 0 Å². The number of rotatable bonds is 3. The lowest BCUT2D eigenvalue weighted by atomic mass is 9.97. The van der Waals surface area contributed by atoms with E-state index in [-0.39, 0.29) is 6.04 Å². The van der Waals surface area contributed by atoms with E-state index in [1.54, 1.807) is 0 Å². The highest BCUT2D eigenvalue weighted by Crippen LogP contribution is 2.29. The first-order valence-corrected chi connectivity index (χ1v) is 6.86. The number of halogens is 1. The van der Waals surface area contributed by atoms with Gasteiger partial charge in [-0.25, -0.2) is 0 Å². The van der Waals surface area contributed by atoms with Crippen molar-refractivity contribution in [2.24, 2.45) is 5.73 Å². The average Bonchev–Trinajstić information content (AvgIpc) is 2.88. The van der Waals surface area contributed by atoms with Gasteiger partial charge in [-0.15, -0.1) is 0 Å². The van der Waals surface area contributed by atoms with Crippen molar-refractivity contribution in [3.8, 4) is 5.75 Å². The number of ether oxygens (including phenoxy) is 1. The summed E-state index contributed by atoms with van der Waals surface area (Å²) in [5, 5.41) is 0.780. The third-order valence-corrected chi connectivity index (χ3v) is 3.91. The Balaban J connectivity index is 1.81. The number of benzene rings is 2. The van der Waals surface area contributed by atoms with Crippen LogP contribution in [0.1, 0.15) is 22.7 Å². The SMILES string of the molecule is NC(Cc1ccccc1Cl)c1ccc2c(c1)CCO2. The first-order valence-electron chi connectivity index (χ1n) is 6.48. The molecular formula is C16H16ClNO. The molecule has 3 rings (SSSR count). The van der Waals surface area contributed by atoms with Crippen LogP contribution >= 0.6 is 11.6 Å². The van der Waals surface area contributed by atoms with E-state index >= 15 is 0 Å². The minimum absolute atomic E-state index is 0.0363. The summed E-state index contributed by atoms with van der Waals surface area (Å²) in [7, 11) is 0. The van der Waals surface area contributed by atoms with E-state index < -0.39 is 0 Å². The fourth-order valence-electron chi connectivity index (χ4n) is 2.46. The topological polar surface area (TPSA) is 35.2 Å². The summed E-state index contributed by atoms with van der Waals surface area (Å²) in [5.74, 6) is 0.994. The Hall–Kier alpha value is -1.51. The van der Waals surface area contributed by atoms with Crippen molar-refractivity contribution >= 4 is 11.6 Å². The van der Waals surface area contributed by atoms with Gasteiger partial charge in [-0.1, -0.05) is 41.9 Å². The Labute approximate surface area is 118 Å². The summed E-state index contributed by atoms with van der Waals surface area (Å²) >= 11 is 6.17. The number of nitrogens with two attached hydrogens (primary N) is 1.